The summed E-state index contributed by atoms with van der Waals surface area (Å²) >= 11 is 0. The number of rotatable bonds is 6. The fraction of sp³-hybridized carbons (Fsp3) is 0.600. The Morgan fingerprint density at radius 1 is 1.09 bits per heavy atom. The van der Waals surface area contributed by atoms with Crippen molar-refractivity contribution in [1.29, 1.82) is 0 Å². The van der Waals surface area contributed by atoms with E-state index >= 15 is 0 Å². The summed E-state index contributed by atoms with van der Waals surface area (Å²) in [5, 5.41) is 3.51. The number of nitrogens with one attached hydrogen (secondary N) is 1. The summed E-state index contributed by atoms with van der Waals surface area (Å²) in [5.41, 5.74) is 2.65. The number of piperidine rings is 1. The molecular weight excluding hydrogens is 525 g/mol. The molecule has 0 bridgehead atoms. The lowest BCUT2D eigenvalue weighted by molar-refractivity contribution is 0.148. The SMILES string of the molecule is CCNC(=NCc1ccc(CN2CCN(C)CC2)cc1)N1CCC(C)C(n2ccnc2)C1.I. The normalized spacial score (nSPS) is 22.8. The van der Waals surface area contributed by atoms with E-state index in [1.54, 1.807) is 0 Å². The standard InChI is InChI=1S/C25H39N7.HI/c1-4-27-25(31-11-9-21(2)24(19-31)32-12-10-26-20-32)28-17-22-5-7-23(8-6-22)18-30-15-13-29(3)14-16-30;/h5-8,10,12,20-21,24H,4,9,11,13-19H2,1-3H3,(H,27,28);1H. The smallest absolute Gasteiger partial charge is 0.194 e. The molecule has 33 heavy (non-hydrogen) atoms. The lowest BCUT2D eigenvalue weighted by Crippen LogP contribution is -2.49. The van der Waals surface area contributed by atoms with Gasteiger partial charge in [0.05, 0.1) is 18.9 Å². The Bertz CT molecular complexity index is 844. The Morgan fingerprint density at radius 3 is 2.48 bits per heavy atom. The van der Waals surface area contributed by atoms with Gasteiger partial charge in [0.1, 0.15) is 0 Å². The summed E-state index contributed by atoms with van der Waals surface area (Å²) < 4.78 is 2.25. The summed E-state index contributed by atoms with van der Waals surface area (Å²) in [5.74, 6) is 1.65. The average Bonchev–Trinajstić information content (AvgIpc) is 3.34. The van der Waals surface area contributed by atoms with E-state index in [-0.39, 0.29) is 24.0 Å². The van der Waals surface area contributed by atoms with Gasteiger partial charge in [-0.25, -0.2) is 9.98 Å². The number of nitrogens with zero attached hydrogens (tertiary/aromatic N) is 6. The lowest BCUT2D eigenvalue weighted by Gasteiger charge is -2.39. The number of guanidine groups is 1. The van der Waals surface area contributed by atoms with Gasteiger partial charge in [0, 0.05) is 64.8 Å². The highest BCUT2D eigenvalue weighted by molar-refractivity contribution is 14.0. The molecule has 0 aliphatic carbocycles. The van der Waals surface area contributed by atoms with E-state index in [4.69, 9.17) is 4.99 Å². The second-order valence-electron chi connectivity index (χ2n) is 9.36. The number of likely N-dealkylation sites (N-methyl/N-ethyl adjacent to an activating group) is 1. The Labute approximate surface area is 216 Å². The van der Waals surface area contributed by atoms with Gasteiger partial charge in [0.15, 0.2) is 5.96 Å². The van der Waals surface area contributed by atoms with E-state index in [0.717, 1.165) is 64.7 Å². The number of benzene rings is 1. The molecule has 1 N–H and O–H groups in total. The molecule has 2 atom stereocenters. The zero-order valence-electron chi connectivity index (χ0n) is 20.4. The minimum atomic E-state index is 0. The van der Waals surface area contributed by atoms with Crippen molar-refractivity contribution >= 4 is 29.9 Å². The quantitative estimate of drug-likeness (QED) is 0.331. The van der Waals surface area contributed by atoms with E-state index in [1.165, 1.54) is 11.1 Å². The van der Waals surface area contributed by atoms with E-state index in [1.807, 2.05) is 12.5 Å². The molecule has 2 aliphatic rings. The van der Waals surface area contributed by atoms with Gasteiger partial charge >= 0.3 is 0 Å². The van der Waals surface area contributed by atoms with E-state index in [0.29, 0.717) is 18.5 Å². The molecule has 182 valence electrons. The van der Waals surface area contributed by atoms with Crippen LogP contribution in [0, 0.1) is 5.92 Å². The highest BCUT2D eigenvalue weighted by atomic mass is 127. The number of hydrogen-bond donors (Lipinski definition) is 1. The molecule has 2 unspecified atom stereocenters. The van der Waals surface area contributed by atoms with Crippen molar-refractivity contribution in [3.05, 3.63) is 54.1 Å². The maximum atomic E-state index is 4.99. The minimum absolute atomic E-state index is 0. The van der Waals surface area contributed by atoms with Crippen LogP contribution in [0.15, 0.2) is 48.0 Å². The molecule has 2 fully saturated rings. The Balaban J connectivity index is 0.00000306. The Hall–Kier alpha value is -1.65. The second-order valence-corrected chi connectivity index (χ2v) is 9.36. The van der Waals surface area contributed by atoms with Crippen LogP contribution in [0.2, 0.25) is 0 Å². The predicted octanol–water partition coefficient (Wildman–Crippen LogP) is 3.30. The molecule has 2 aliphatic heterocycles. The van der Waals surface area contributed by atoms with Crippen LogP contribution in [0.1, 0.15) is 37.4 Å². The third-order valence-electron chi connectivity index (χ3n) is 6.90. The molecule has 0 amide bonds. The molecule has 2 saturated heterocycles. The van der Waals surface area contributed by atoms with Crippen LogP contribution >= 0.6 is 24.0 Å². The Morgan fingerprint density at radius 2 is 1.82 bits per heavy atom. The van der Waals surface area contributed by atoms with Gasteiger partial charge in [-0.3, -0.25) is 4.90 Å². The largest absolute Gasteiger partial charge is 0.357 e. The summed E-state index contributed by atoms with van der Waals surface area (Å²) in [6.07, 6.45) is 7.06. The van der Waals surface area contributed by atoms with E-state index in [9.17, 15) is 0 Å². The first kappa shape index (κ1) is 26.0. The van der Waals surface area contributed by atoms with E-state index in [2.05, 4.69) is 80.9 Å². The molecule has 0 spiro atoms. The summed E-state index contributed by atoms with van der Waals surface area (Å²) in [7, 11) is 2.21. The van der Waals surface area contributed by atoms with Crippen molar-refractivity contribution in [3.63, 3.8) is 0 Å². The molecule has 8 heteroatoms. The van der Waals surface area contributed by atoms with Crippen molar-refractivity contribution in [3.8, 4) is 0 Å². The Kier molecular flexibility index (Phi) is 10.0. The number of imidazole rings is 1. The van der Waals surface area contributed by atoms with Crippen LogP contribution in [-0.4, -0.2) is 83.1 Å². The maximum Gasteiger partial charge on any atom is 0.194 e. The molecule has 1 aromatic carbocycles. The molecular formula is C25H40IN7. The lowest BCUT2D eigenvalue weighted by atomic mass is 9.93. The van der Waals surface area contributed by atoms with Crippen LogP contribution < -0.4 is 5.32 Å². The van der Waals surface area contributed by atoms with E-state index < -0.39 is 0 Å². The molecule has 3 heterocycles. The van der Waals surface area contributed by atoms with Crippen LogP contribution in [0.25, 0.3) is 0 Å². The first-order valence-electron chi connectivity index (χ1n) is 12.1. The summed E-state index contributed by atoms with van der Waals surface area (Å²) in [6.45, 7) is 13.8. The minimum Gasteiger partial charge on any atom is -0.357 e. The van der Waals surface area contributed by atoms with Crippen LogP contribution in [0.3, 0.4) is 0 Å². The molecule has 0 radical (unpaired) electrons. The summed E-state index contributed by atoms with van der Waals surface area (Å²) in [6, 6.07) is 9.46. The van der Waals surface area contributed by atoms with Crippen molar-refractivity contribution in [2.24, 2.45) is 10.9 Å². The number of halogens is 1. The highest BCUT2D eigenvalue weighted by Gasteiger charge is 2.28. The van der Waals surface area contributed by atoms with Gasteiger partial charge in [-0.15, -0.1) is 24.0 Å². The highest BCUT2D eigenvalue weighted by Crippen LogP contribution is 2.27. The van der Waals surface area contributed by atoms with Gasteiger partial charge in [-0.1, -0.05) is 31.2 Å². The third kappa shape index (κ3) is 7.16. The van der Waals surface area contributed by atoms with Crippen molar-refractivity contribution in [1.82, 2.24) is 29.6 Å². The third-order valence-corrected chi connectivity index (χ3v) is 6.90. The maximum absolute atomic E-state index is 4.99. The topological polar surface area (TPSA) is 51.9 Å². The number of piperazine rings is 1. The first-order chi connectivity index (χ1) is 15.6. The van der Waals surface area contributed by atoms with Crippen molar-refractivity contribution in [2.45, 2.75) is 39.4 Å². The zero-order valence-corrected chi connectivity index (χ0v) is 22.7. The average molecular weight is 566 g/mol. The molecule has 0 saturated carbocycles. The molecule has 4 rings (SSSR count). The summed E-state index contributed by atoms with van der Waals surface area (Å²) in [4.78, 5) is 16.6. The monoisotopic (exact) mass is 565 g/mol. The molecule has 1 aromatic heterocycles. The van der Waals surface area contributed by atoms with Crippen molar-refractivity contribution in [2.75, 3.05) is 52.9 Å². The molecule has 2 aromatic rings. The van der Waals surface area contributed by atoms with Gasteiger partial charge in [-0.05, 0) is 37.4 Å². The molecule has 7 nitrogen and oxygen atoms in total. The first-order valence-corrected chi connectivity index (χ1v) is 12.1. The van der Waals surface area contributed by atoms with Crippen molar-refractivity contribution < 1.29 is 0 Å². The van der Waals surface area contributed by atoms with Crippen LogP contribution in [-0.2, 0) is 13.1 Å². The number of hydrogen-bond acceptors (Lipinski definition) is 4. The number of aromatic nitrogens is 2. The second kappa shape index (κ2) is 12.7. The zero-order chi connectivity index (χ0) is 22.3. The van der Waals surface area contributed by atoms with Gasteiger partial charge < -0.3 is 19.7 Å². The van der Waals surface area contributed by atoms with Gasteiger partial charge in [-0.2, -0.15) is 0 Å². The number of aliphatic imine (C=N–C) groups is 1. The van der Waals surface area contributed by atoms with Gasteiger partial charge in [0.2, 0.25) is 0 Å². The fourth-order valence-corrected chi connectivity index (χ4v) is 4.70. The fourth-order valence-electron chi connectivity index (χ4n) is 4.70. The number of likely N-dealkylation sites (tertiary alicyclic amines) is 1. The van der Waals surface area contributed by atoms with Crippen LogP contribution in [0.5, 0.6) is 0 Å². The predicted molar refractivity (Wildman–Crippen MR) is 146 cm³/mol. The van der Waals surface area contributed by atoms with Gasteiger partial charge in [0.25, 0.3) is 0 Å². The van der Waals surface area contributed by atoms with Crippen LogP contribution in [0.4, 0.5) is 0 Å².